The molecule has 0 aliphatic heterocycles. The normalized spacial score (nSPS) is 36.9. The van der Waals surface area contributed by atoms with Gasteiger partial charge >= 0.3 is 5.97 Å². The Morgan fingerprint density at radius 3 is 2.66 bits per heavy atom. The van der Waals surface area contributed by atoms with Gasteiger partial charge in [-0.25, -0.2) is 9.18 Å². The first-order valence-electron chi connectivity index (χ1n) is 13.8. The fraction of sp³-hybridized carbons (Fsp3) is 0.516. The average molecular weight is 586 g/mol. The van der Waals surface area contributed by atoms with E-state index < -0.39 is 53.5 Å². The number of nitrogens with zero attached hydrogens (tertiary/aromatic N) is 1. The van der Waals surface area contributed by atoms with Crippen molar-refractivity contribution >= 4 is 23.4 Å². The lowest BCUT2D eigenvalue weighted by Crippen LogP contribution is -2.65. The van der Waals surface area contributed by atoms with Gasteiger partial charge < -0.3 is 24.6 Å². The van der Waals surface area contributed by atoms with E-state index in [1.165, 1.54) is 25.1 Å². The van der Waals surface area contributed by atoms with Gasteiger partial charge in [-0.2, -0.15) is 0 Å². The van der Waals surface area contributed by atoms with E-state index in [4.69, 9.17) is 20.9 Å². The van der Waals surface area contributed by atoms with Crippen LogP contribution in [0.1, 0.15) is 50.2 Å². The van der Waals surface area contributed by atoms with Gasteiger partial charge in [0.05, 0.1) is 22.6 Å². The molecule has 0 radical (unpaired) electrons. The molecule has 3 N–H and O–H groups in total. The molecule has 4 aliphatic rings. The van der Waals surface area contributed by atoms with Crippen LogP contribution in [-0.2, 0) is 9.53 Å². The highest BCUT2D eigenvalue weighted by atomic mass is 35.5. The van der Waals surface area contributed by atoms with Crippen LogP contribution in [0.3, 0.4) is 0 Å². The number of rotatable bonds is 4. The van der Waals surface area contributed by atoms with Crippen LogP contribution < -0.4 is 0 Å². The minimum absolute atomic E-state index is 0.00374. The lowest BCUT2D eigenvalue weighted by atomic mass is 9.59. The molecule has 6 rings (SSSR count). The van der Waals surface area contributed by atoms with Gasteiger partial charge in [-0.15, -0.1) is 0 Å². The van der Waals surface area contributed by atoms with Crippen LogP contribution in [0, 0.1) is 47.2 Å². The van der Waals surface area contributed by atoms with Crippen molar-refractivity contribution in [3.8, 4) is 11.3 Å². The van der Waals surface area contributed by atoms with E-state index in [-0.39, 0.29) is 56.2 Å². The number of aromatic nitrogens is 1. The number of esters is 1. The molecule has 41 heavy (non-hydrogen) atoms. The number of ether oxygens (including phenoxy) is 1. The zero-order valence-electron chi connectivity index (χ0n) is 23.4. The lowest BCUT2D eigenvalue weighted by Gasteiger charge is -2.48. The fourth-order valence-electron chi connectivity index (χ4n) is 8.27. The monoisotopic (exact) mass is 585 g/mol. The van der Waals surface area contributed by atoms with Crippen LogP contribution in [0.5, 0.6) is 0 Å². The van der Waals surface area contributed by atoms with Crippen LogP contribution in [-0.4, -0.2) is 56.6 Å². The Labute approximate surface area is 241 Å². The summed E-state index contributed by atoms with van der Waals surface area (Å²) in [5.41, 5.74) is -4.03. The van der Waals surface area contributed by atoms with Gasteiger partial charge in [-0.05, 0) is 66.7 Å². The summed E-state index contributed by atoms with van der Waals surface area (Å²) in [6.45, 7) is 8.61. The predicted molar refractivity (Wildman–Crippen MR) is 146 cm³/mol. The molecule has 1 spiro atoms. The Hall–Kier alpha value is -2.85. The Morgan fingerprint density at radius 1 is 1.29 bits per heavy atom. The summed E-state index contributed by atoms with van der Waals surface area (Å²) in [7, 11) is 0. The van der Waals surface area contributed by atoms with Gasteiger partial charge in [0.1, 0.15) is 28.9 Å². The number of hydrogen-bond donors (Lipinski definition) is 3. The molecule has 8 nitrogen and oxygen atoms in total. The molecular formula is C31H33ClFNO7. The van der Waals surface area contributed by atoms with Gasteiger partial charge in [0.2, 0.25) is 0 Å². The highest BCUT2D eigenvalue weighted by molar-refractivity contribution is 6.33. The topological polar surface area (TPSA) is 130 Å². The number of carbonyl (C=O) groups is 2. The van der Waals surface area contributed by atoms with E-state index in [1.54, 1.807) is 19.1 Å². The Morgan fingerprint density at radius 2 is 2.00 bits per heavy atom. The maximum atomic E-state index is 14.8. The molecule has 2 aromatic rings. The number of Topliss-reactive ketones (excluding diaryl/α,β-unsaturated/α-hetero) is 1. The minimum atomic E-state index is -2.31. The molecule has 0 saturated heterocycles. The summed E-state index contributed by atoms with van der Waals surface area (Å²) in [5.74, 6) is -2.78. The van der Waals surface area contributed by atoms with E-state index in [9.17, 15) is 29.3 Å². The molecule has 0 amide bonds. The molecule has 8 atom stereocenters. The van der Waals surface area contributed by atoms with Gasteiger partial charge in [0.25, 0.3) is 0 Å². The summed E-state index contributed by atoms with van der Waals surface area (Å²) >= 11 is 6.24. The van der Waals surface area contributed by atoms with E-state index in [2.05, 4.69) is 19.0 Å². The number of halogens is 2. The second kappa shape index (κ2) is 9.07. The van der Waals surface area contributed by atoms with Crippen molar-refractivity contribution in [1.82, 2.24) is 5.16 Å². The molecule has 218 valence electrons. The van der Waals surface area contributed by atoms with E-state index in [1.807, 2.05) is 6.92 Å². The largest absolute Gasteiger partial charge is 0.451 e. The zero-order chi connectivity index (χ0) is 29.8. The Bertz CT molecular complexity index is 1520. The lowest BCUT2D eigenvalue weighted by molar-refractivity contribution is -0.190. The van der Waals surface area contributed by atoms with Gasteiger partial charge in [-0.1, -0.05) is 55.7 Å². The third-order valence-electron chi connectivity index (χ3n) is 10.4. The van der Waals surface area contributed by atoms with Gasteiger partial charge in [0, 0.05) is 5.92 Å². The fourth-order valence-corrected chi connectivity index (χ4v) is 8.52. The van der Waals surface area contributed by atoms with E-state index >= 15 is 0 Å². The zero-order valence-corrected chi connectivity index (χ0v) is 24.2. The number of ketones is 1. The highest BCUT2D eigenvalue weighted by Gasteiger charge is 2.76. The summed E-state index contributed by atoms with van der Waals surface area (Å²) in [4.78, 5) is 28.3. The second-order valence-corrected chi connectivity index (χ2v) is 13.1. The third-order valence-corrected chi connectivity index (χ3v) is 10.7. The quantitative estimate of drug-likeness (QED) is 0.355. The maximum Gasteiger partial charge on any atom is 0.344 e. The van der Waals surface area contributed by atoms with Crippen molar-refractivity contribution in [2.24, 2.45) is 34.5 Å². The molecule has 1 aromatic heterocycles. The third kappa shape index (κ3) is 3.52. The van der Waals surface area contributed by atoms with Crippen molar-refractivity contribution in [1.29, 1.82) is 0 Å². The number of allylic oxidation sites excluding steroid dienone is 1. The molecule has 2 bridgehead atoms. The molecule has 1 unspecified atom stereocenters. The summed E-state index contributed by atoms with van der Waals surface area (Å²) in [6.07, 6.45) is 0.709. The first kappa shape index (κ1) is 28.3. The SMILES string of the molecule is CC1=C[C@]23C(=O)[C@@H](C=C(CO)[C@@H](O)C2(O)[C@H]1OC(=O)c1c(-c2c(F)cccc2Cl)noc1C)[C@H]1[C@@H](C[C@H]3C)C1(C)C. The highest BCUT2D eigenvalue weighted by Crippen LogP contribution is 2.71. The first-order valence-corrected chi connectivity index (χ1v) is 14.2. The second-order valence-electron chi connectivity index (χ2n) is 12.7. The van der Waals surface area contributed by atoms with Crippen LogP contribution in [0.15, 0.2) is 46.0 Å². The van der Waals surface area contributed by atoms with Crippen LogP contribution in [0.25, 0.3) is 11.3 Å². The Balaban J connectivity index is 1.46. The number of hydrogen-bond acceptors (Lipinski definition) is 8. The minimum Gasteiger partial charge on any atom is -0.451 e. The number of carbonyl (C=O) groups excluding carboxylic acids is 2. The van der Waals surface area contributed by atoms with Crippen molar-refractivity contribution in [2.75, 3.05) is 6.61 Å². The van der Waals surface area contributed by atoms with Gasteiger partial charge in [-0.3, -0.25) is 4.79 Å². The molecule has 1 aromatic carbocycles. The molecule has 10 heteroatoms. The number of aliphatic hydroxyl groups excluding tert-OH is 2. The summed E-state index contributed by atoms with van der Waals surface area (Å²) < 4.78 is 26.0. The van der Waals surface area contributed by atoms with E-state index in [0.29, 0.717) is 12.0 Å². The molecule has 2 fully saturated rings. The van der Waals surface area contributed by atoms with Crippen LogP contribution in [0.2, 0.25) is 5.02 Å². The molecule has 2 saturated carbocycles. The van der Waals surface area contributed by atoms with E-state index in [0.717, 1.165) is 0 Å². The van der Waals surface area contributed by atoms with Crippen LogP contribution >= 0.6 is 11.6 Å². The van der Waals surface area contributed by atoms with Gasteiger partial charge in [0.15, 0.2) is 17.5 Å². The first-order chi connectivity index (χ1) is 19.2. The maximum absolute atomic E-state index is 14.8. The number of aryl methyl sites for hydroxylation is 1. The van der Waals surface area contributed by atoms with Crippen molar-refractivity contribution < 1.29 is 38.6 Å². The van der Waals surface area contributed by atoms with Crippen LogP contribution in [0.4, 0.5) is 4.39 Å². The predicted octanol–water partition coefficient (Wildman–Crippen LogP) is 4.44. The Kier molecular flexibility index (Phi) is 6.26. The van der Waals surface area contributed by atoms with Crippen molar-refractivity contribution in [2.45, 2.75) is 58.8 Å². The molecular weight excluding hydrogens is 553 g/mol. The average Bonchev–Trinajstić information content (AvgIpc) is 3.17. The summed E-state index contributed by atoms with van der Waals surface area (Å²) in [5, 5.41) is 38.5. The van der Waals surface area contributed by atoms with Crippen molar-refractivity contribution in [3.63, 3.8) is 0 Å². The number of fused-ring (bicyclic) bond motifs is 3. The standard InChI is InChI=1S/C31H33ClFNO7/c1-13-11-30-14(2)9-18-23(29(18,4)5)17(26(30)37)10-16(12-35)25(36)31(30,39)27(13)40-28(38)21-15(3)41-34-24(21)22-19(32)7-6-8-20(22)33/h6-8,10-11,14,17-18,23,25,27,35-36,39H,9,12H2,1-5H3/t14-,17+,18-,23+,25-,27+,30+,31?/m1/s1. The number of benzene rings is 1. The molecule has 1 heterocycles. The number of aliphatic hydroxyl groups is 3. The smallest absolute Gasteiger partial charge is 0.344 e. The van der Waals surface area contributed by atoms with Crippen molar-refractivity contribution in [3.05, 3.63) is 63.7 Å². The summed E-state index contributed by atoms with van der Waals surface area (Å²) in [6, 6.07) is 4.03. The molecule has 4 aliphatic carbocycles.